The fraction of sp³-hybridized carbons (Fsp3) is 0.483. The van der Waals surface area contributed by atoms with E-state index in [0.29, 0.717) is 6.61 Å². The van der Waals surface area contributed by atoms with E-state index in [2.05, 4.69) is 57.9 Å². The second-order valence-corrected chi connectivity index (χ2v) is 9.28. The van der Waals surface area contributed by atoms with Gasteiger partial charge in [0.25, 0.3) is 0 Å². The molecule has 1 unspecified atom stereocenters. The predicted molar refractivity (Wildman–Crippen MR) is 131 cm³/mol. The smallest absolute Gasteiger partial charge is 0.313 e. The highest BCUT2D eigenvalue weighted by Gasteiger charge is 2.30. The van der Waals surface area contributed by atoms with E-state index >= 15 is 0 Å². The summed E-state index contributed by atoms with van der Waals surface area (Å²) in [5, 5.41) is 0. The van der Waals surface area contributed by atoms with Crippen LogP contribution in [0.2, 0.25) is 0 Å². The summed E-state index contributed by atoms with van der Waals surface area (Å²) in [6, 6.07) is 10.7. The van der Waals surface area contributed by atoms with Gasteiger partial charge in [-0.3, -0.25) is 4.79 Å². The quantitative estimate of drug-likeness (QED) is 0.340. The molecule has 0 aliphatic carbocycles. The molecule has 0 radical (unpaired) electrons. The Kier molecular flexibility index (Phi) is 7.67. The van der Waals surface area contributed by atoms with E-state index in [1.54, 1.807) is 0 Å². The maximum absolute atomic E-state index is 12.6. The summed E-state index contributed by atoms with van der Waals surface area (Å²) in [5.74, 6) is 3.32. The molecule has 0 amide bonds. The molecule has 32 heavy (non-hydrogen) atoms. The topological polar surface area (TPSA) is 35.5 Å². The first kappa shape index (κ1) is 23.9. The van der Waals surface area contributed by atoms with Gasteiger partial charge in [-0.1, -0.05) is 58.6 Å². The molecule has 2 aromatic rings. The number of benzene rings is 2. The second kappa shape index (κ2) is 10.3. The van der Waals surface area contributed by atoms with Crippen LogP contribution in [0.4, 0.5) is 0 Å². The summed E-state index contributed by atoms with van der Waals surface area (Å²) >= 11 is 0. The molecule has 3 nitrogen and oxygen atoms in total. The van der Waals surface area contributed by atoms with Crippen LogP contribution in [0.5, 0.6) is 5.75 Å². The van der Waals surface area contributed by atoms with Crippen LogP contribution in [0.15, 0.2) is 30.3 Å². The van der Waals surface area contributed by atoms with Crippen LogP contribution < -0.4 is 4.74 Å². The second-order valence-electron chi connectivity index (χ2n) is 9.28. The van der Waals surface area contributed by atoms with E-state index in [1.165, 1.54) is 16.7 Å². The minimum Gasteiger partial charge on any atom is -0.493 e. The van der Waals surface area contributed by atoms with E-state index in [4.69, 9.17) is 15.9 Å². The summed E-state index contributed by atoms with van der Waals surface area (Å²) in [6.07, 6.45) is 10.6. The van der Waals surface area contributed by atoms with Crippen molar-refractivity contribution in [2.45, 2.75) is 78.1 Å². The van der Waals surface area contributed by atoms with Gasteiger partial charge in [0.05, 0.1) is 19.1 Å². The van der Waals surface area contributed by atoms with Crippen LogP contribution in [0.25, 0.3) is 11.1 Å². The summed E-state index contributed by atoms with van der Waals surface area (Å²) < 4.78 is 11.4. The lowest BCUT2D eigenvalue weighted by atomic mass is 9.77. The zero-order chi connectivity index (χ0) is 23.3. The van der Waals surface area contributed by atoms with Crippen LogP contribution >= 0.6 is 0 Å². The Hall–Kier alpha value is -2.73. The Morgan fingerprint density at radius 1 is 1.19 bits per heavy atom. The highest BCUT2D eigenvalue weighted by atomic mass is 16.5. The maximum Gasteiger partial charge on any atom is 0.313 e. The van der Waals surface area contributed by atoms with Crippen molar-refractivity contribution in [3.05, 3.63) is 52.6 Å². The molecule has 0 fully saturated rings. The van der Waals surface area contributed by atoms with Crippen molar-refractivity contribution in [1.82, 2.24) is 0 Å². The van der Waals surface area contributed by atoms with Crippen molar-refractivity contribution in [2.24, 2.45) is 0 Å². The third-order valence-corrected chi connectivity index (χ3v) is 6.48. The van der Waals surface area contributed by atoms with Crippen molar-refractivity contribution in [3.8, 4) is 29.2 Å². The fourth-order valence-corrected chi connectivity index (χ4v) is 4.65. The molecule has 170 valence electrons. The number of fused-ring (bicyclic) bond motifs is 1. The molecule has 0 saturated heterocycles. The van der Waals surface area contributed by atoms with Crippen LogP contribution in [-0.2, 0) is 21.4 Å². The molecule has 3 heteroatoms. The number of ether oxygens (including phenoxy) is 2. The van der Waals surface area contributed by atoms with Gasteiger partial charge in [0.1, 0.15) is 5.75 Å². The van der Waals surface area contributed by atoms with E-state index in [9.17, 15) is 4.79 Å². The molecule has 3 rings (SSSR count). The molecule has 1 atom stereocenters. The minimum absolute atomic E-state index is 0.0676. The molecule has 0 N–H and O–H groups in total. The average molecular weight is 433 g/mol. The van der Waals surface area contributed by atoms with Crippen molar-refractivity contribution in [1.29, 1.82) is 0 Å². The normalized spacial score (nSPS) is 15.2. The van der Waals surface area contributed by atoms with E-state index in [1.807, 2.05) is 13.0 Å². The van der Waals surface area contributed by atoms with Gasteiger partial charge in [0.15, 0.2) is 0 Å². The van der Waals surface area contributed by atoms with E-state index in [-0.39, 0.29) is 17.3 Å². The van der Waals surface area contributed by atoms with Gasteiger partial charge < -0.3 is 9.47 Å². The lowest BCUT2D eigenvalue weighted by molar-refractivity contribution is -0.145. The molecule has 1 aliphatic heterocycles. The van der Waals surface area contributed by atoms with Crippen LogP contribution in [0, 0.1) is 12.3 Å². The Balaban J connectivity index is 2.12. The van der Waals surface area contributed by atoms with Crippen molar-refractivity contribution in [2.75, 3.05) is 13.2 Å². The van der Waals surface area contributed by atoms with Crippen LogP contribution in [0.3, 0.4) is 0 Å². The Labute approximate surface area is 193 Å². The van der Waals surface area contributed by atoms with Crippen LogP contribution in [-0.4, -0.2) is 19.2 Å². The maximum atomic E-state index is 12.6. The molecule has 0 bridgehead atoms. The largest absolute Gasteiger partial charge is 0.493 e. The lowest BCUT2D eigenvalue weighted by Crippen LogP contribution is -2.26. The zero-order valence-electron chi connectivity index (χ0n) is 20.2. The molecule has 0 saturated carbocycles. The average Bonchev–Trinajstić information content (AvgIpc) is 2.77. The number of hydrogen-bond acceptors (Lipinski definition) is 3. The highest BCUT2D eigenvalue weighted by molar-refractivity contribution is 5.80. The number of terminal acetylenes is 1. The molecule has 0 aromatic heterocycles. The van der Waals surface area contributed by atoms with Gasteiger partial charge in [-0.15, -0.1) is 6.42 Å². The van der Waals surface area contributed by atoms with Gasteiger partial charge in [-0.25, -0.2) is 0 Å². The zero-order valence-corrected chi connectivity index (χ0v) is 20.2. The standard InChI is InChI=1S/C29H36O3/c1-7-11-21-18-27-26(29(5,6)15-16-32-27)19-25(21)22-13-14-23(20(9-3)17-22)24(12-8-2)28(30)31-10-4/h3,13-14,17-19,24H,7-8,10-12,15-16H2,1-2,4-6H3. The summed E-state index contributed by atoms with van der Waals surface area (Å²) in [5.41, 5.74) is 6.54. The number of hydrogen-bond donors (Lipinski definition) is 0. The third-order valence-electron chi connectivity index (χ3n) is 6.48. The molecule has 1 aliphatic rings. The monoisotopic (exact) mass is 432 g/mol. The number of rotatable bonds is 8. The lowest BCUT2D eigenvalue weighted by Gasteiger charge is -2.33. The molecular formula is C29H36O3. The van der Waals surface area contributed by atoms with Crippen molar-refractivity contribution < 1.29 is 14.3 Å². The minimum atomic E-state index is -0.328. The van der Waals surface area contributed by atoms with Crippen LogP contribution in [0.1, 0.15) is 88.5 Å². The highest BCUT2D eigenvalue weighted by Crippen LogP contribution is 2.43. The van der Waals surface area contributed by atoms with Gasteiger partial charge in [-0.05, 0) is 72.1 Å². The summed E-state index contributed by atoms with van der Waals surface area (Å²) in [4.78, 5) is 12.6. The van der Waals surface area contributed by atoms with E-state index < -0.39 is 0 Å². The Bertz CT molecular complexity index is 1010. The Morgan fingerprint density at radius 2 is 1.97 bits per heavy atom. The van der Waals surface area contributed by atoms with Crippen molar-refractivity contribution in [3.63, 3.8) is 0 Å². The number of carbonyl (C=O) groups excluding carboxylic acids is 1. The van der Waals surface area contributed by atoms with Gasteiger partial charge >= 0.3 is 5.97 Å². The molecule has 2 aromatic carbocycles. The first-order chi connectivity index (χ1) is 15.4. The van der Waals surface area contributed by atoms with Crippen molar-refractivity contribution >= 4 is 5.97 Å². The van der Waals surface area contributed by atoms with Gasteiger partial charge in [0, 0.05) is 11.1 Å². The summed E-state index contributed by atoms with van der Waals surface area (Å²) in [7, 11) is 0. The van der Waals surface area contributed by atoms with E-state index in [0.717, 1.165) is 61.2 Å². The van der Waals surface area contributed by atoms with Gasteiger partial charge in [-0.2, -0.15) is 0 Å². The number of esters is 1. The van der Waals surface area contributed by atoms with Gasteiger partial charge in [0.2, 0.25) is 0 Å². The first-order valence-electron chi connectivity index (χ1n) is 11.9. The third kappa shape index (κ3) is 4.85. The SMILES string of the molecule is C#Cc1cc(-c2cc3c(cc2CCC)OCCC3(C)C)ccc1C(CCC)C(=O)OCC. The first-order valence-corrected chi connectivity index (χ1v) is 11.9. The predicted octanol–water partition coefficient (Wildman–Crippen LogP) is 6.79. The molecule has 1 heterocycles. The fourth-order valence-electron chi connectivity index (χ4n) is 4.65. The molecular weight excluding hydrogens is 396 g/mol. The molecule has 0 spiro atoms. The number of carbonyl (C=O) groups is 1. The number of aryl methyl sites for hydroxylation is 1. The Morgan fingerprint density at radius 3 is 2.62 bits per heavy atom. The summed E-state index contributed by atoms with van der Waals surface area (Å²) in [6.45, 7) is 11.8.